The van der Waals surface area contributed by atoms with Gasteiger partial charge >= 0.3 is 5.97 Å². The number of phenols is 1. The zero-order chi connectivity index (χ0) is 18.2. The van der Waals surface area contributed by atoms with Crippen molar-refractivity contribution in [3.63, 3.8) is 0 Å². The van der Waals surface area contributed by atoms with Crippen LogP contribution in [-0.4, -0.2) is 22.8 Å². The number of phenolic OH excluding ortho intramolecular Hbond substituents is 1. The number of hydrogen-bond acceptors (Lipinski definition) is 3. The van der Waals surface area contributed by atoms with Crippen molar-refractivity contribution in [1.29, 1.82) is 0 Å². The van der Waals surface area contributed by atoms with E-state index in [0.717, 1.165) is 12.0 Å². The molecule has 0 atom stereocenters. The Balaban J connectivity index is 0.000000351. The lowest BCUT2D eigenvalue weighted by Gasteiger charge is -2.13. The predicted molar refractivity (Wildman–Crippen MR) is 98.6 cm³/mol. The zero-order valence-corrected chi connectivity index (χ0v) is 15.0. The fraction of sp³-hybridized carbons (Fsp3) is 0.550. The smallest absolute Gasteiger partial charge is 0.327 e. The molecule has 0 spiro atoms. The Hall–Kier alpha value is -1.97. The van der Waals surface area contributed by atoms with Crippen LogP contribution in [0.25, 0.3) is 0 Å². The summed E-state index contributed by atoms with van der Waals surface area (Å²) in [5.41, 5.74) is 0. The molecule has 0 aliphatic heterocycles. The van der Waals surface area contributed by atoms with Crippen LogP contribution in [0, 0.1) is 5.92 Å². The summed E-state index contributed by atoms with van der Waals surface area (Å²) in [6.07, 6.45) is 11.3. The highest BCUT2D eigenvalue weighted by Crippen LogP contribution is 2.23. The van der Waals surface area contributed by atoms with Crippen molar-refractivity contribution in [3.05, 3.63) is 36.9 Å². The molecule has 0 radical (unpaired) electrons. The van der Waals surface area contributed by atoms with Gasteiger partial charge in [0.25, 0.3) is 0 Å². The van der Waals surface area contributed by atoms with Crippen molar-refractivity contribution in [1.82, 2.24) is 0 Å². The third kappa shape index (κ3) is 12.6. The summed E-state index contributed by atoms with van der Waals surface area (Å²) in [5.74, 6) is 0.782. The number of rotatable bonds is 3. The Morgan fingerprint density at radius 2 is 1.71 bits per heavy atom. The number of carbonyl (C=O) groups is 1. The van der Waals surface area contributed by atoms with Crippen molar-refractivity contribution in [2.45, 2.75) is 58.8 Å². The van der Waals surface area contributed by atoms with Crippen molar-refractivity contribution in [2.24, 2.45) is 5.92 Å². The van der Waals surface area contributed by atoms with Gasteiger partial charge in [-0.15, -0.1) is 0 Å². The fourth-order valence-electron chi connectivity index (χ4n) is 2.39. The minimum Gasteiger partial charge on any atom is -0.504 e. The first-order chi connectivity index (χ1) is 11.5. The first-order valence-corrected chi connectivity index (χ1v) is 8.77. The second kappa shape index (κ2) is 14.6. The molecule has 1 aromatic rings. The van der Waals surface area contributed by atoms with Crippen LogP contribution in [0.1, 0.15) is 58.8 Å². The van der Waals surface area contributed by atoms with Crippen molar-refractivity contribution >= 4 is 5.97 Å². The summed E-state index contributed by atoms with van der Waals surface area (Å²) in [6, 6.07) is 6.92. The molecule has 136 valence electrons. The summed E-state index contributed by atoms with van der Waals surface area (Å²) in [4.78, 5) is 9.25. The third-order valence-corrected chi connectivity index (χ3v) is 3.73. The van der Waals surface area contributed by atoms with E-state index in [0.29, 0.717) is 12.4 Å². The summed E-state index contributed by atoms with van der Waals surface area (Å²) in [7, 11) is 0. The lowest BCUT2D eigenvalue weighted by molar-refractivity contribution is -0.131. The number of carboxylic acids is 1. The number of aliphatic carboxylic acids is 1. The van der Waals surface area contributed by atoms with E-state index in [9.17, 15) is 4.79 Å². The molecule has 0 bridgehead atoms. The van der Waals surface area contributed by atoms with Crippen molar-refractivity contribution in [3.8, 4) is 11.5 Å². The molecule has 1 aliphatic rings. The SMILES string of the molecule is C=CC(=O)O.CC1CCCCCCC1.CCOc1ccccc1O. The van der Waals surface area contributed by atoms with Gasteiger partial charge in [-0.2, -0.15) is 0 Å². The van der Waals surface area contributed by atoms with Gasteiger partial charge in [0, 0.05) is 6.08 Å². The fourth-order valence-corrected chi connectivity index (χ4v) is 2.39. The number of benzene rings is 1. The minimum absolute atomic E-state index is 0.198. The van der Waals surface area contributed by atoms with Gasteiger partial charge in [-0.05, 0) is 25.0 Å². The zero-order valence-electron chi connectivity index (χ0n) is 15.0. The molecule has 0 aromatic heterocycles. The highest BCUT2D eigenvalue weighted by atomic mass is 16.5. The van der Waals surface area contributed by atoms with Crippen LogP contribution in [0.4, 0.5) is 0 Å². The molecule has 0 unspecified atom stereocenters. The maximum Gasteiger partial charge on any atom is 0.327 e. The third-order valence-electron chi connectivity index (χ3n) is 3.73. The number of carboxylic acid groups (broad SMARTS) is 1. The van der Waals surface area contributed by atoms with E-state index < -0.39 is 5.97 Å². The van der Waals surface area contributed by atoms with Gasteiger partial charge in [-0.1, -0.05) is 70.6 Å². The molecule has 1 fully saturated rings. The van der Waals surface area contributed by atoms with E-state index in [1.54, 1.807) is 18.2 Å². The topological polar surface area (TPSA) is 66.8 Å². The second-order valence-electron chi connectivity index (χ2n) is 5.89. The molecule has 2 N–H and O–H groups in total. The van der Waals surface area contributed by atoms with Crippen LogP contribution < -0.4 is 4.74 Å². The molecule has 1 aliphatic carbocycles. The summed E-state index contributed by atoms with van der Waals surface area (Å²) in [5, 5.41) is 16.7. The molecule has 0 heterocycles. The maximum absolute atomic E-state index is 9.25. The van der Waals surface area contributed by atoms with Gasteiger partial charge in [-0.3, -0.25) is 0 Å². The second-order valence-corrected chi connectivity index (χ2v) is 5.89. The Kier molecular flexibility index (Phi) is 13.4. The molecule has 1 aromatic carbocycles. The average Bonchev–Trinajstić information content (AvgIpc) is 2.55. The Bertz CT molecular complexity index is 449. The maximum atomic E-state index is 9.25. The van der Waals surface area contributed by atoms with Crippen LogP contribution in [0.2, 0.25) is 0 Å². The Labute approximate surface area is 146 Å². The van der Waals surface area contributed by atoms with E-state index >= 15 is 0 Å². The molecule has 4 heteroatoms. The van der Waals surface area contributed by atoms with Crippen molar-refractivity contribution < 1.29 is 19.7 Å². The summed E-state index contributed by atoms with van der Waals surface area (Å²) >= 11 is 0. The largest absolute Gasteiger partial charge is 0.504 e. The summed E-state index contributed by atoms with van der Waals surface area (Å²) in [6.45, 7) is 7.82. The van der Waals surface area contributed by atoms with E-state index in [1.807, 2.05) is 13.0 Å². The average molecular weight is 336 g/mol. The van der Waals surface area contributed by atoms with E-state index in [4.69, 9.17) is 14.9 Å². The molecular formula is C20H32O4. The molecule has 0 amide bonds. The minimum atomic E-state index is -0.981. The molecule has 1 saturated carbocycles. The van der Waals surface area contributed by atoms with Crippen molar-refractivity contribution in [2.75, 3.05) is 6.61 Å². The van der Waals surface area contributed by atoms with Gasteiger partial charge in [0.05, 0.1) is 6.61 Å². The Morgan fingerprint density at radius 1 is 1.21 bits per heavy atom. The number of aromatic hydroxyl groups is 1. The normalized spacial score (nSPS) is 14.6. The lowest BCUT2D eigenvalue weighted by atomic mass is 9.93. The number of hydrogen-bond donors (Lipinski definition) is 2. The molecule has 24 heavy (non-hydrogen) atoms. The van der Waals surface area contributed by atoms with Crippen LogP contribution in [0.5, 0.6) is 11.5 Å². The predicted octanol–water partition coefficient (Wildman–Crippen LogP) is 5.41. The molecule has 4 nitrogen and oxygen atoms in total. The first-order valence-electron chi connectivity index (χ1n) is 8.77. The van der Waals surface area contributed by atoms with Gasteiger partial charge in [0.15, 0.2) is 11.5 Å². The summed E-state index contributed by atoms with van der Waals surface area (Å²) < 4.78 is 5.09. The standard InChI is InChI=1S/C9H18.C8H10O2.C3H4O2/c1-9-7-5-3-2-4-6-8-9;1-2-10-8-6-4-3-5-7(8)9;1-2-3(4)5/h9H,2-8H2,1H3;3-6,9H,2H2,1H3;2H,1H2,(H,4,5). The molecule has 2 rings (SSSR count). The Morgan fingerprint density at radius 3 is 2.17 bits per heavy atom. The van der Waals surface area contributed by atoms with Gasteiger partial charge in [0.2, 0.25) is 0 Å². The van der Waals surface area contributed by atoms with Gasteiger partial charge in [0.1, 0.15) is 0 Å². The van der Waals surface area contributed by atoms with Crippen LogP contribution in [0.15, 0.2) is 36.9 Å². The van der Waals surface area contributed by atoms with E-state index in [-0.39, 0.29) is 5.75 Å². The highest BCUT2D eigenvalue weighted by Gasteiger charge is 2.04. The highest BCUT2D eigenvalue weighted by molar-refractivity contribution is 5.78. The van der Waals surface area contributed by atoms with E-state index in [1.165, 1.54) is 44.9 Å². The van der Waals surface area contributed by atoms with Gasteiger partial charge < -0.3 is 14.9 Å². The molecular weight excluding hydrogens is 304 g/mol. The van der Waals surface area contributed by atoms with Gasteiger partial charge in [-0.25, -0.2) is 4.79 Å². The number of ether oxygens (including phenoxy) is 1. The van der Waals surface area contributed by atoms with Crippen LogP contribution >= 0.6 is 0 Å². The molecule has 0 saturated heterocycles. The monoisotopic (exact) mass is 336 g/mol. The van der Waals surface area contributed by atoms with Crippen LogP contribution in [0.3, 0.4) is 0 Å². The van der Waals surface area contributed by atoms with Crippen LogP contribution in [-0.2, 0) is 4.79 Å². The first kappa shape index (κ1) is 22.0. The van der Waals surface area contributed by atoms with E-state index in [2.05, 4.69) is 13.5 Å². The lowest BCUT2D eigenvalue weighted by Crippen LogP contribution is -1.97. The quantitative estimate of drug-likeness (QED) is 0.724. The number of para-hydroxylation sites is 2.